The van der Waals surface area contributed by atoms with E-state index in [-0.39, 0.29) is 24.8 Å². The number of pyridine rings is 1. The molecule has 3 unspecified atom stereocenters. The number of anilines is 1. The minimum absolute atomic E-state index is 0.214. The number of hydrogen-bond acceptors (Lipinski definition) is 7. The Balaban J connectivity index is 1.00. The number of fused-ring (bicyclic) bond motifs is 3. The van der Waals surface area contributed by atoms with Gasteiger partial charge in [0.1, 0.15) is 11.6 Å². The Kier molecular flexibility index (Phi) is 6.39. The van der Waals surface area contributed by atoms with Gasteiger partial charge in [-0.2, -0.15) is 0 Å². The van der Waals surface area contributed by atoms with Crippen molar-refractivity contribution < 1.29 is 19.5 Å². The van der Waals surface area contributed by atoms with E-state index in [0.29, 0.717) is 48.3 Å². The molecular weight excluding hydrogens is 506 g/mol. The lowest BCUT2D eigenvalue weighted by Gasteiger charge is -2.38. The Labute approximate surface area is 234 Å². The van der Waals surface area contributed by atoms with Gasteiger partial charge in [0.25, 0.3) is 5.91 Å². The average Bonchev–Trinajstić information content (AvgIpc) is 3.41. The van der Waals surface area contributed by atoms with E-state index < -0.39 is 17.6 Å². The molecule has 3 atom stereocenters. The van der Waals surface area contributed by atoms with Gasteiger partial charge in [0.05, 0.1) is 23.5 Å². The van der Waals surface area contributed by atoms with E-state index in [0.717, 1.165) is 19.6 Å². The zero-order valence-corrected chi connectivity index (χ0v) is 22.8. The lowest BCUT2D eigenvalue weighted by Crippen LogP contribution is -2.52. The molecular formula is C31H37N5O4. The second kappa shape index (κ2) is 9.96. The summed E-state index contributed by atoms with van der Waals surface area (Å²) in [4.78, 5) is 48.2. The average molecular weight is 544 g/mol. The van der Waals surface area contributed by atoms with Crippen LogP contribution in [-0.2, 0) is 28.3 Å². The number of likely N-dealkylation sites (tertiary alicyclic amines) is 1. The van der Waals surface area contributed by atoms with Crippen LogP contribution in [0.25, 0.3) is 0 Å². The molecule has 0 spiro atoms. The molecule has 9 heteroatoms. The molecule has 0 aliphatic carbocycles. The number of nitrogens with zero attached hydrogens (tertiary/aromatic N) is 4. The van der Waals surface area contributed by atoms with Gasteiger partial charge >= 0.3 is 0 Å². The van der Waals surface area contributed by atoms with Crippen molar-refractivity contribution in [3.63, 3.8) is 0 Å². The van der Waals surface area contributed by atoms with E-state index >= 15 is 0 Å². The smallest absolute Gasteiger partial charge is 0.256 e. The molecule has 210 valence electrons. The fraction of sp³-hybridized carbons (Fsp3) is 0.548. The number of hydrogen-bond donors (Lipinski definition) is 2. The predicted molar refractivity (Wildman–Crippen MR) is 148 cm³/mol. The minimum atomic E-state index is -1.05. The lowest BCUT2D eigenvalue weighted by atomic mass is 9.87. The van der Waals surface area contributed by atoms with Crippen LogP contribution in [0.4, 0.5) is 5.69 Å². The van der Waals surface area contributed by atoms with Crippen LogP contribution in [0, 0.1) is 0 Å². The normalized spacial score (nSPS) is 28.1. The number of piperidine rings is 3. The molecule has 2 aromatic rings. The SMILES string of the molecule is O=C1CCC(N2Cc3nc(C4(O)CCN(Cc5cccc(N6C7CCCC6CC7)c5)CC4)ccc3C2=O)C(=O)N1. The molecule has 1 aromatic carbocycles. The minimum Gasteiger partial charge on any atom is -0.383 e. The van der Waals surface area contributed by atoms with Gasteiger partial charge in [-0.3, -0.25) is 29.6 Å². The second-order valence-electron chi connectivity index (χ2n) is 12.3. The van der Waals surface area contributed by atoms with Crippen LogP contribution < -0.4 is 10.2 Å². The van der Waals surface area contributed by atoms with E-state index in [1.165, 1.54) is 48.3 Å². The number of benzene rings is 1. The predicted octanol–water partition coefficient (Wildman–Crippen LogP) is 2.85. The number of carbonyl (C=O) groups is 3. The molecule has 5 aliphatic rings. The maximum atomic E-state index is 13.0. The summed E-state index contributed by atoms with van der Waals surface area (Å²) in [6, 6.07) is 13.3. The van der Waals surface area contributed by atoms with Crippen LogP contribution in [0.2, 0.25) is 0 Å². The Hall–Kier alpha value is -3.30. The first-order valence-electron chi connectivity index (χ1n) is 14.8. The number of rotatable bonds is 5. The van der Waals surface area contributed by atoms with Crippen LogP contribution in [0.3, 0.4) is 0 Å². The Bertz CT molecular complexity index is 1340. The quantitative estimate of drug-likeness (QED) is 0.559. The van der Waals surface area contributed by atoms with Crippen LogP contribution >= 0.6 is 0 Å². The summed E-state index contributed by atoms with van der Waals surface area (Å²) >= 11 is 0. The summed E-state index contributed by atoms with van der Waals surface area (Å²) in [5.41, 5.74) is 3.28. The highest BCUT2D eigenvalue weighted by atomic mass is 16.3. The van der Waals surface area contributed by atoms with Crippen molar-refractivity contribution >= 4 is 23.4 Å². The number of amides is 3. The van der Waals surface area contributed by atoms with Crippen molar-refractivity contribution in [2.75, 3.05) is 18.0 Å². The highest BCUT2D eigenvalue weighted by Crippen LogP contribution is 2.40. The largest absolute Gasteiger partial charge is 0.383 e. The Morgan fingerprint density at radius 2 is 1.75 bits per heavy atom. The zero-order chi connectivity index (χ0) is 27.4. The van der Waals surface area contributed by atoms with Crippen molar-refractivity contribution in [1.29, 1.82) is 0 Å². The fourth-order valence-electron chi connectivity index (χ4n) is 7.64. The van der Waals surface area contributed by atoms with E-state index in [4.69, 9.17) is 4.98 Å². The molecule has 2 bridgehead atoms. The molecule has 0 saturated carbocycles. The summed E-state index contributed by atoms with van der Waals surface area (Å²) < 4.78 is 0. The third-order valence-corrected chi connectivity index (χ3v) is 9.84. The van der Waals surface area contributed by atoms with Crippen molar-refractivity contribution in [2.24, 2.45) is 0 Å². The third-order valence-electron chi connectivity index (χ3n) is 9.84. The van der Waals surface area contributed by atoms with Crippen LogP contribution in [0.1, 0.15) is 85.1 Å². The van der Waals surface area contributed by atoms with Gasteiger partial charge in [-0.05, 0) is 81.2 Å². The van der Waals surface area contributed by atoms with Crippen LogP contribution in [-0.4, -0.2) is 68.8 Å². The lowest BCUT2D eigenvalue weighted by molar-refractivity contribution is -0.136. The maximum Gasteiger partial charge on any atom is 0.256 e. The number of nitrogens with one attached hydrogen (secondary N) is 1. The summed E-state index contributed by atoms with van der Waals surface area (Å²) in [6.07, 6.45) is 8.29. The third kappa shape index (κ3) is 4.49. The zero-order valence-electron chi connectivity index (χ0n) is 22.8. The number of carbonyl (C=O) groups excluding carboxylic acids is 3. The highest BCUT2D eigenvalue weighted by Gasteiger charge is 2.42. The van der Waals surface area contributed by atoms with Crippen molar-refractivity contribution in [2.45, 2.75) is 94.6 Å². The molecule has 5 aliphatic heterocycles. The molecule has 40 heavy (non-hydrogen) atoms. The molecule has 9 nitrogen and oxygen atoms in total. The molecule has 1 aromatic heterocycles. The van der Waals surface area contributed by atoms with E-state index in [2.05, 4.69) is 39.4 Å². The molecule has 4 saturated heterocycles. The fourth-order valence-corrected chi connectivity index (χ4v) is 7.64. The van der Waals surface area contributed by atoms with E-state index in [1.54, 1.807) is 12.1 Å². The first kappa shape index (κ1) is 25.7. The monoisotopic (exact) mass is 543 g/mol. The number of aromatic nitrogens is 1. The van der Waals surface area contributed by atoms with Gasteiger partial charge < -0.3 is 14.9 Å². The molecule has 2 N–H and O–H groups in total. The van der Waals surface area contributed by atoms with Crippen molar-refractivity contribution in [1.82, 2.24) is 20.1 Å². The van der Waals surface area contributed by atoms with Crippen molar-refractivity contribution in [3.8, 4) is 0 Å². The van der Waals surface area contributed by atoms with Gasteiger partial charge in [-0.15, -0.1) is 0 Å². The van der Waals surface area contributed by atoms with Crippen LogP contribution in [0.5, 0.6) is 0 Å². The summed E-state index contributed by atoms with van der Waals surface area (Å²) in [7, 11) is 0. The van der Waals surface area contributed by atoms with Gasteiger partial charge in [0, 0.05) is 43.8 Å². The maximum absolute atomic E-state index is 13.0. The molecule has 0 radical (unpaired) electrons. The molecule has 4 fully saturated rings. The molecule has 6 heterocycles. The van der Waals surface area contributed by atoms with E-state index in [1.807, 2.05) is 0 Å². The first-order valence-corrected chi connectivity index (χ1v) is 14.8. The first-order chi connectivity index (χ1) is 19.4. The van der Waals surface area contributed by atoms with Crippen molar-refractivity contribution in [3.05, 3.63) is 58.9 Å². The van der Waals surface area contributed by atoms with E-state index in [9.17, 15) is 19.5 Å². The van der Waals surface area contributed by atoms with Gasteiger partial charge in [0.15, 0.2) is 0 Å². The summed E-state index contributed by atoms with van der Waals surface area (Å²) in [5, 5.41) is 13.9. The summed E-state index contributed by atoms with van der Waals surface area (Å²) in [5.74, 6) is -0.983. The summed E-state index contributed by atoms with van der Waals surface area (Å²) in [6.45, 7) is 2.59. The van der Waals surface area contributed by atoms with Crippen LogP contribution in [0.15, 0.2) is 36.4 Å². The number of aliphatic hydroxyl groups is 1. The van der Waals surface area contributed by atoms with Gasteiger partial charge in [-0.25, -0.2) is 0 Å². The highest BCUT2D eigenvalue weighted by molar-refractivity contribution is 6.05. The number of imide groups is 1. The topological polar surface area (TPSA) is 106 Å². The Morgan fingerprint density at radius 1 is 0.975 bits per heavy atom. The molecule has 7 rings (SSSR count). The van der Waals surface area contributed by atoms with Gasteiger partial charge in [0.2, 0.25) is 11.8 Å². The standard InChI is InChI=1S/C31H37N5O4/c37-28-12-10-26(29(38)33-28)35-19-25-24(30(35)39)9-11-27(32-25)31(40)13-15-34(16-14-31)18-20-3-1-6-23(17-20)36-21-4-2-5-22(36)8-7-21/h1,3,6,9,11,17,21-22,26,40H,2,4-5,7-8,10,12-16,18-19H2,(H,33,37,38). The van der Waals surface area contributed by atoms with Gasteiger partial charge in [-0.1, -0.05) is 12.1 Å². The Morgan fingerprint density at radius 3 is 2.50 bits per heavy atom. The second-order valence-corrected chi connectivity index (χ2v) is 12.3. The molecule has 3 amide bonds.